The van der Waals surface area contributed by atoms with Crippen molar-refractivity contribution in [2.45, 2.75) is 19.4 Å². The Kier molecular flexibility index (Phi) is 4.77. The number of thiocarbonyl (C=S) groups is 1. The molecule has 6 nitrogen and oxygen atoms in total. The fraction of sp³-hybridized carbons (Fsp3) is 0.235. The molecular weight excluding hydrogens is 322 g/mol. The Bertz CT molecular complexity index is 818. The average Bonchev–Trinajstić information content (AvgIpc) is 3.19. The number of benzene rings is 1. The third-order valence-corrected chi connectivity index (χ3v) is 4.08. The van der Waals surface area contributed by atoms with Gasteiger partial charge >= 0.3 is 0 Å². The first-order chi connectivity index (χ1) is 11.7. The van der Waals surface area contributed by atoms with Crippen LogP contribution >= 0.6 is 12.2 Å². The lowest BCUT2D eigenvalue weighted by Crippen LogP contribution is -2.34. The number of carbonyl (C=O) groups excluding carboxylic acids is 1. The van der Waals surface area contributed by atoms with E-state index < -0.39 is 0 Å². The fourth-order valence-electron chi connectivity index (χ4n) is 2.50. The van der Waals surface area contributed by atoms with Crippen LogP contribution in [0.4, 0.5) is 0 Å². The normalized spacial score (nSPS) is 14.0. The van der Waals surface area contributed by atoms with Gasteiger partial charge in [0.2, 0.25) is 5.11 Å². The van der Waals surface area contributed by atoms with E-state index in [2.05, 4.69) is 16.0 Å². The lowest BCUT2D eigenvalue weighted by Gasteiger charge is -2.14. The second kappa shape index (κ2) is 7.15. The summed E-state index contributed by atoms with van der Waals surface area (Å²) in [6, 6.07) is 9.20. The van der Waals surface area contributed by atoms with Crippen LogP contribution in [0.25, 0.3) is 0 Å². The molecule has 0 saturated heterocycles. The van der Waals surface area contributed by atoms with Crippen LogP contribution in [0.5, 0.6) is 0 Å². The number of amides is 1. The van der Waals surface area contributed by atoms with E-state index >= 15 is 0 Å². The van der Waals surface area contributed by atoms with Crippen molar-refractivity contribution >= 4 is 28.9 Å². The zero-order valence-electron chi connectivity index (χ0n) is 12.9. The molecule has 1 aromatic heterocycles. The van der Waals surface area contributed by atoms with E-state index in [1.165, 1.54) is 0 Å². The molecular formula is C17H15N5OS. The molecule has 0 unspecified atom stereocenters. The molecule has 1 aliphatic rings. The van der Waals surface area contributed by atoms with Gasteiger partial charge in [-0.05, 0) is 36.3 Å². The highest BCUT2D eigenvalue weighted by Gasteiger charge is 2.29. The molecule has 2 heterocycles. The molecule has 1 aliphatic heterocycles. The highest BCUT2D eigenvalue weighted by Crippen LogP contribution is 2.13. The van der Waals surface area contributed by atoms with Gasteiger partial charge in [0.05, 0.1) is 18.0 Å². The molecule has 0 fully saturated rings. The van der Waals surface area contributed by atoms with E-state index in [1.807, 2.05) is 22.9 Å². The van der Waals surface area contributed by atoms with Gasteiger partial charge in [0, 0.05) is 31.9 Å². The predicted molar refractivity (Wildman–Crippen MR) is 93.5 cm³/mol. The summed E-state index contributed by atoms with van der Waals surface area (Å²) in [5, 5.41) is 9.15. The van der Waals surface area contributed by atoms with Crippen molar-refractivity contribution in [3.8, 4) is 6.07 Å². The third kappa shape index (κ3) is 3.55. The Balaban J connectivity index is 1.58. The van der Waals surface area contributed by atoms with Gasteiger partial charge in [0.15, 0.2) is 0 Å². The third-order valence-electron chi connectivity index (χ3n) is 3.77. The van der Waals surface area contributed by atoms with Crippen LogP contribution in [0.1, 0.15) is 17.5 Å². The summed E-state index contributed by atoms with van der Waals surface area (Å²) in [7, 11) is 0. The van der Waals surface area contributed by atoms with Crippen molar-refractivity contribution in [3.05, 3.63) is 54.1 Å². The highest BCUT2D eigenvalue weighted by atomic mass is 32.1. The average molecular weight is 337 g/mol. The molecule has 0 N–H and O–H groups in total. The summed E-state index contributed by atoms with van der Waals surface area (Å²) in [5.41, 5.74) is 1.98. The Morgan fingerprint density at radius 3 is 2.67 bits per heavy atom. The molecule has 2 aromatic rings. The Hall–Kier alpha value is -2.85. The van der Waals surface area contributed by atoms with E-state index in [-0.39, 0.29) is 5.91 Å². The van der Waals surface area contributed by atoms with E-state index in [9.17, 15) is 4.79 Å². The molecule has 0 spiro atoms. The minimum absolute atomic E-state index is 0.130. The quantitative estimate of drug-likeness (QED) is 0.755. The number of aryl methyl sites for hydroxylation is 1. The van der Waals surface area contributed by atoms with E-state index in [1.54, 1.807) is 29.6 Å². The first kappa shape index (κ1) is 16.0. The summed E-state index contributed by atoms with van der Waals surface area (Å²) in [6.07, 6.45) is 6.56. The largest absolute Gasteiger partial charge is 0.337 e. The van der Waals surface area contributed by atoms with Crippen LogP contribution in [-0.2, 0) is 17.8 Å². The molecule has 0 bridgehead atoms. The zero-order chi connectivity index (χ0) is 16.9. The van der Waals surface area contributed by atoms with Crippen LogP contribution in [-0.4, -0.2) is 37.7 Å². The highest BCUT2D eigenvalue weighted by molar-refractivity contribution is 7.80. The maximum atomic E-state index is 12.5. The van der Waals surface area contributed by atoms with Crippen molar-refractivity contribution in [1.82, 2.24) is 14.5 Å². The van der Waals surface area contributed by atoms with Gasteiger partial charge in [-0.25, -0.2) is 9.98 Å². The van der Waals surface area contributed by atoms with Crippen LogP contribution in [0, 0.1) is 11.3 Å². The second-order valence-electron chi connectivity index (χ2n) is 5.44. The van der Waals surface area contributed by atoms with Gasteiger partial charge in [0.25, 0.3) is 5.91 Å². The molecule has 24 heavy (non-hydrogen) atoms. The van der Waals surface area contributed by atoms with Crippen molar-refractivity contribution in [3.63, 3.8) is 0 Å². The maximum absolute atomic E-state index is 12.5. The molecule has 0 atom stereocenters. The first-order valence-corrected chi connectivity index (χ1v) is 7.96. The van der Waals surface area contributed by atoms with Gasteiger partial charge in [-0.3, -0.25) is 9.69 Å². The van der Waals surface area contributed by atoms with Crippen molar-refractivity contribution in [2.24, 2.45) is 4.99 Å². The number of hydrogen-bond donors (Lipinski definition) is 0. The SMILES string of the molecule is N#Cc1ccc(CC2=NC(=S)N(CCCn3ccnc3)C2=O)cc1. The number of nitriles is 1. The number of aromatic nitrogens is 2. The molecule has 0 aliphatic carbocycles. The summed E-state index contributed by atoms with van der Waals surface area (Å²) < 4.78 is 1.96. The summed E-state index contributed by atoms with van der Waals surface area (Å²) in [6.45, 7) is 1.31. The van der Waals surface area contributed by atoms with Crippen LogP contribution in [0.2, 0.25) is 0 Å². The standard InChI is InChI=1S/C17H15N5OS/c18-11-14-4-2-13(3-5-14)10-15-16(23)22(17(24)20-15)8-1-7-21-9-6-19-12-21/h2-6,9,12H,1,7-8,10H2. The lowest BCUT2D eigenvalue weighted by atomic mass is 10.1. The fourth-order valence-corrected chi connectivity index (χ4v) is 2.78. The smallest absolute Gasteiger partial charge is 0.274 e. The number of rotatable bonds is 6. The Morgan fingerprint density at radius 1 is 1.21 bits per heavy atom. The minimum atomic E-state index is -0.130. The number of nitrogens with zero attached hydrogens (tertiary/aromatic N) is 5. The molecule has 120 valence electrons. The topological polar surface area (TPSA) is 74.3 Å². The van der Waals surface area contributed by atoms with Gasteiger partial charge in [-0.1, -0.05) is 12.1 Å². The molecule has 0 radical (unpaired) electrons. The molecule has 3 rings (SSSR count). The van der Waals surface area contributed by atoms with Crippen molar-refractivity contribution in [1.29, 1.82) is 5.26 Å². The lowest BCUT2D eigenvalue weighted by molar-refractivity contribution is -0.120. The Labute approximate surface area is 145 Å². The monoisotopic (exact) mass is 337 g/mol. The summed E-state index contributed by atoms with van der Waals surface area (Å²) >= 11 is 5.22. The molecule has 1 amide bonds. The second-order valence-corrected chi connectivity index (χ2v) is 5.80. The van der Waals surface area contributed by atoms with Gasteiger partial charge in [0.1, 0.15) is 5.71 Å². The van der Waals surface area contributed by atoms with Crippen molar-refractivity contribution in [2.75, 3.05) is 6.54 Å². The minimum Gasteiger partial charge on any atom is -0.337 e. The number of hydrogen-bond acceptors (Lipinski definition) is 4. The number of imidazole rings is 1. The van der Waals surface area contributed by atoms with Gasteiger partial charge in [-0.15, -0.1) is 0 Å². The van der Waals surface area contributed by atoms with Gasteiger partial charge < -0.3 is 4.57 Å². The van der Waals surface area contributed by atoms with Crippen molar-refractivity contribution < 1.29 is 4.79 Å². The van der Waals surface area contributed by atoms with E-state index in [4.69, 9.17) is 17.5 Å². The first-order valence-electron chi connectivity index (χ1n) is 7.55. The zero-order valence-corrected chi connectivity index (χ0v) is 13.7. The van der Waals surface area contributed by atoms with Gasteiger partial charge in [-0.2, -0.15) is 5.26 Å². The predicted octanol–water partition coefficient (Wildman–Crippen LogP) is 1.96. The van der Waals surface area contributed by atoms with Crippen LogP contribution < -0.4 is 0 Å². The molecule has 7 heteroatoms. The summed E-state index contributed by atoms with van der Waals surface area (Å²) in [5.74, 6) is -0.130. The van der Waals surface area contributed by atoms with Crippen LogP contribution in [0.15, 0.2) is 48.0 Å². The number of carbonyl (C=O) groups is 1. The Morgan fingerprint density at radius 2 is 2.00 bits per heavy atom. The number of aliphatic imine (C=N–C) groups is 1. The van der Waals surface area contributed by atoms with Crippen LogP contribution in [0.3, 0.4) is 0 Å². The summed E-state index contributed by atoms with van der Waals surface area (Å²) in [4.78, 5) is 22.3. The molecule has 0 saturated carbocycles. The molecule has 1 aromatic carbocycles. The van der Waals surface area contributed by atoms with E-state index in [0.29, 0.717) is 29.4 Å². The maximum Gasteiger partial charge on any atom is 0.274 e. The van der Waals surface area contributed by atoms with E-state index in [0.717, 1.165) is 18.5 Å².